The zero-order valence-corrected chi connectivity index (χ0v) is 13.9. The van der Waals surface area contributed by atoms with Gasteiger partial charge in [-0.2, -0.15) is 0 Å². The van der Waals surface area contributed by atoms with Crippen LogP contribution in [0.5, 0.6) is 0 Å². The van der Waals surface area contributed by atoms with E-state index < -0.39 is 5.91 Å². The summed E-state index contributed by atoms with van der Waals surface area (Å²) in [5, 5.41) is 6.08. The fourth-order valence-corrected chi connectivity index (χ4v) is 2.39. The third kappa shape index (κ3) is 6.36. The van der Waals surface area contributed by atoms with Gasteiger partial charge in [0.15, 0.2) is 0 Å². The Balaban J connectivity index is 2.49. The molecule has 2 amide bonds. The van der Waals surface area contributed by atoms with Crippen LogP contribution >= 0.6 is 23.2 Å². The molecule has 6 heteroatoms. The van der Waals surface area contributed by atoms with E-state index in [-0.39, 0.29) is 24.1 Å². The predicted molar refractivity (Wildman–Crippen MR) is 85.9 cm³/mol. The molecular formula is C15H20Cl2N2O2. The smallest absolute Gasteiger partial charge is 0.253 e. The minimum absolute atomic E-state index is 0.0733. The molecule has 0 saturated heterocycles. The van der Waals surface area contributed by atoms with Gasteiger partial charge >= 0.3 is 0 Å². The molecule has 0 aliphatic rings. The van der Waals surface area contributed by atoms with E-state index in [4.69, 9.17) is 23.2 Å². The summed E-state index contributed by atoms with van der Waals surface area (Å²) in [6, 6.07) is 4.69. The zero-order valence-electron chi connectivity index (χ0n) is 12.4. The minimum Gasteiger partial charge on any atom is -0.352 e. The summed E-state index contributed by atoms with van der Waals surface area (Å²) in [6.07, 6.45) is 0.889. The van der Waals surface area contributed by atoms with Crippen LogP contribution in [-0.2, 0) is 4.79 Å². The van der Waals surface area contributed by atoms with Crippen molar-refractivity contribution in [1.29, 1.82) is 0 Å². The second kappa shape index (κ2) is 8.25. The van der Waals surface area contributed by atoms with Crippen LogP contribution in [0.4, 0.5) is 0 Å². The van der Waals surface area contributed by atoms with Gasteiger partial charge in [-0.25, -0.2) is 0 Å². The molecule has 1 aromatic carbocycles. The number of amides is 2. The van der Waals surface area contributed by atoms with Crippen molar-refractivity contribution in [2.24, 2.45) is 5.92 Å². The number of benzene rings is 1. The molecule has 0 saturated carbocycles. The van der Waals surface area contributed by atoms with E-state index >= 15 is 0 Å². The Morgan fingerprint density at radius 3 is 2.48 bits per heavy atom. The minimum atomic E-state index is -0.422. The van der Waals surface area contributed by atoms with Crippen molar-refractivity contribution < 1.29 is 9.59 Å². The summed E-state index contributed by atoms with van der Waals surface area (Å²) in [5.41, 5.74) is 0.257. The van der Waals surface area contributed by atoms with Crippen molar-refractivity contribution in [3.63, 3.8) is 0 Å². The van der Waals surface area contributed by atoms with E-state index in [0.29, 0.717) is 16.0 Å². The molecule has 116 valence electrons. The molecule has 4 nitrogen and oxygen atoms in total. The molecule has 0 bridgehead atoms. The van der Waals surface area contributed by atoms with Gasteiger partial charge in [0.05, 0.1) is 17.1 Å². The van der Waals surface area contributed by atoms with Crippen molar-refractivity contribution in [2.75, 3.05) is 6.54 Å². The molecule has 0 aliphatic heterocycles. The van der Waals surface area contributed by atoms with E-state index in [2.05, 4.69) is 24.5 Å². The summed E-state index contributed by atoms with van der Waals surface area (Å²) >= 11 is 11.8. The van der Waals surface area contributed by atoms with Gasteiger partial charge in [-0.15, -0.1) is 0 Å². The van der Waals surface area contributed by atoms with Gasteiger partial charge in [-0.1, -0.05) is 37.0 Å². The van der Waals surface area contributed by atoms with E-state index in [1.165, 1.54) is 6.07 Å². The lowest BCUT2D eigenvalue weighted by atomic mass is 10.1. The fraction of sp³-hybridized carbons (Fsp3) is 0.467. The molecule has 21 heavy (non-hydrogen) atoms. The summed E-state index contributed by atoms with van der Waals surface area (Å²) in [7, 11) is 0. The highest BCUT2D eigenvalue weighted by molar-refractivity contribution is 6.35. The first-order chi connectivity index (χ1) is 9.79. The van der Waals surface area contributed by atoms with Crippen molar-refractivity contribution >= 4 is 35.0 Å². The number of carbonyl (C=O) groups is 2. The second-order valence-electron chi connectivity index (χ2n) is 5.40. The molecular weight excluding hydrogens is 311 g/mol. The largest absolute Gasteiger partial charge is 0.352 e. The summed E-state index contributed by atoms with van der Waals surface area (Å²) < 4.78 is 0. The Morgan fingerprint density at radius 2 is 1.86 bits per heavy atom. The SMILES string of the molecule is CC(C)C[C@@H](C)NC(=O)CNC(=O)c1cc(Cl)ccc1Cl. The first-order valence-electron chi connectivity index (χ1n) is 6.82. The second-order valence-corrected chi connectivity index (χ2v) is 6.25. The van der Waals surface area contributed by atoms with Crippen LogP contribution in [0.3, 0.4) is 0 Å². The summed E-state index contributed by atoms with van der Waals surface area (Å²) in [6.45, 7) is 6.02. The van der Waals surface area contributed by atoms with Crippen LogP contribution in [0.25, 0.3) is 0 Å². The number of nitrogens with one attached hydrogen (secondary N) is 2. The van der Waals surface area contributed by atoms with Crippen molar-refractivity contribution in [1.82, 2.24) is 10.6 Å². The third-order valence-electron chi connectivity index (χ3n) is 2.81. The number of halogens is 2. The normalized spacial score (nSPS) is 12.1. The molecule has 0 spiro atoms. The molecule has 0 radical (unpaired) electrons. The average molecular weight is 331 g/mol. The number of carbonyl (C=O) groups excluding carboxylic acids is 2. The topological polar surface area (TPSA) is 58.2 Å². The van der Waals surface area contributed by atoms with Crippen LogP contribution in [0.1, 0.15) is 37.6 Å². The molecule has 0 aliphatic carbocycles. The molecule has 1 rings (SSSR count). The number of rotatable bonds is 6. The van der Waals surface area contributed by atoms with Gasteiger partial charge in [0, 0.05) is 11.1 Å². The highest BCUT2D eigenvalue weighted by Crippen LogP contribution is 2.20. The van der Waals surface area contributed by atoms with Gasteiger partial charge in [-0.05, 0) is 37.5 Å². The number of hydrogen-bond acceptors (Lipinski definition) is 2. The Kier molecular flexibility index (Phi) is 6.99. The molecule has 0 heterocycles. The Bertz CT molecular complexity index is 518. The van der Waals surface area contributed by atoms with Crippen LogP contribution in [0.15, 0.2) is 18.2 Å². The molecule has 0 fully saturated rings. The highest BCUT2D eigenvalue weighted by Gasteiger charge is 2.13. The van der Waals surface area contributed by atoms with Crippen LogP contribution in [-0.4, -0.2) is 24.4 Å². The van der Waals surface area contributed by atoms with Crippen molar-refractivity contribution in [2.45, 2.75) is 33.2 Å². The summed E-state index contributed by atoms with van der Waals surface area (Å²) in [4.78, 5) is 23.7. The zero-order chi connectivity index (χ0) is 16.0. The monoisotopic (exact) mass is 330 g/mol. The van der Waals surface area contributed by atoms with Crippen LogP contribution in [0, 0.1) is 5.92 Å². The molecule has 0 unspecified atom stereocenters. The summed E-state index contributed by atoms with van der Waals surface area (Å²) in [5.74, 6) is -0.149. The van der Waals surface area contributed by atoms with Crippen molar-refractivity contribution in [3.8, 4) is 0 Å². The lowest BCUT2D eigenvalue weighted by Crippen LogP contribution is -2.41. The maximum absolute atomic E-state index is 12.0. The first kappa shape index (κ1) is 17.8. The first-order valence-corrected chi connectivity index (χ1v) is 7.57. The van der Waals surface area contributed by atoms with Crippen LogP contribution < -0.4 is 10.6 Å². The van der Waals surface area contributed by atoms with Gasteiger partial charge in [-0.3, -0.25) is 9.59 Å². The van der Waals surface area contributed by atoms with Gasteiger partial charge in [0.25, 0.3) is 5.91 Å². The standard InChI is InChI=1S/C15H20Cl2N2O2/c1-9(2)6-10(3)19-14(20)8-18-15(21)12-7-11(16)4-5-13(12)17/h4-5,7,9-10H,6,8H2,1-3H3,(H,18,21)(H,19,20)/t10-/m1/s1. The molecule has 0 aromatic heterocycles. The fourth-order valence-electron chi connectivity index (χ4n) is 2.02. The number of hydrogen-bond donors (Lipinski definition) is 2. The molecule has 1 aromatic rings. The predicted octanol–water partition coefficient (Wildman–Crippen LogP) is 3.27. The maximum Gasteiger partial charge on any atom is 0.253 e. The lowest BCUT2D eigenvalue weighted by Gasteiger charge is -2.16. The average Bonchev–Trinajstić information content (AvgIpc) is 2.37. The van der Waals surface area contributed by atoms with Crippen molar-refractivity contribution in [3.05, 3.63) is 33.8 Å². The maximum atomic E-state index is 12.0. The highest BCUT2D eigenvalue weighted by atomic mass is 35.5. The molecule has 1 atom stereocenters. The van der Waals surface area contributed by atoms with E-state index in [1.54, 1.807) is 12.1 Å². The quantitative estimate of drug-likeness (QED) is 0.840. The van der Waals surface area contributed by atoms with Crippen LogP contribution in [0.2, 0.25) is 10.0 Å². The van der Waals surface area contributed by atoms with E-state index in [9.17, 15) is 9.59 Å². The molecule has 2 N–H and O–H groups in total. The Labute approximate surface area is 135 Å². The van der Waals surface area contributed by atoms with Gasteiger partial charge in [0.2, 0.25) is 5.91 Å². The van der Waals surface area contributed by atoms with Gasteiger partial charge < -0.3 is 10.6 Å². The van der Waals surface area contributed by atoms with E-state index in [0.717, 1.165) is 6.42 Å². The Morgan fingerprint density at radius 1 is 1.19 bits per heavy atom. The Hall–Kier alpha value is -1.26. The third-order valence-corrected chi connectivity index (χ3v) is 3.38. The van der Waals surface area contributed by atoms with E-state index in [1.807, 2.05) is 6.92 Å². The van der Waals surface area contributed by atoms with Gasteiger partial charge in [0.1, 0.15) is 0 Å². The lowest BCUT2D eigenvalue weighted by molar-refractivity contribution is -0.120.